The molecule has 0 saturated carbocycles. The van der Waals surface area contributed by atoms with Crippen LogP contribution in [-0.2, 0) is 0 Å². The lowest BCUT2D eigenvalue weighted by atomic mass is 10.1. The lowest BCUT2D eigenvalue weighted by Gasteiger charge is -2.09. The molecule has 0 amide bonds. The fraction of sp³-hybridized carbons (Fsp3) is 0.429. The molecule has 1 aromatic heterocycles. The predicted octanol–water partition coefficient (Wildman–Crippen LogP) is 3.98. The van der Waals surface area contributed by atoms with E-state index in [4.69, 9.17) is 4.52 Å². The highest BCUT2D eigenvalue weighted by Crippen LogP contribution is 2.31. The molecular formula is C14H14BrF2N3O. The number of rotatable bonds is 2. The van der Waals surface area contributed by atoms with Gasteiger partial charge in [-0.05, 0) is 47.4 Å². The van der Waals surface area contributed by atoms with Gasteiger partial charge in [-0.15, -0.1) is 0 Å². The van der Waals surface area contributed by atoms with Crippen molar-refractivity contribution < 1.29 is 13.3 Å². The Bertz CT molecular complexity index is 639. The van der Waals surface area contributed by atoms with E-state index in [2.05, 4.69) is 31.4 Å². The van der Waals surface area contributed by atoms with Gasteiger partial charge in [0.25, 0.3) is 0 Å². The molecule has 1 aromatic carbocycles. The molecule has 3 rings (SSSR count). The largest absolute Gasteiger partial charge is 0.337 e. The smallest absolute Gasteiger partial charge is 0.244 e. The molecule has 1 N–H and O–H groups in total. The molecule has 1 unspecified atom stereocenters. The van der Waals surface area contributed by atoms with E-state index in [-0.39, 0.29) is 16.3 Å². The number of benzene rings is 1. The molecule has 7 heteroatoms. The summed E-state index contributed by atoms with van der Waals surface area (Å²) >= 11 is 3.03. The van der Waals surface area contributed by atoms with E-state index in [1.165, 1.54) is 12.5 Å². The molecule has 1 atom stereocenters. The minimum atomic E-state index is -0.952. The molecule has 2 aromatic rings. The molecule has 4 nitrogen and oxygen atoms in total. The highest BCUT2D eigenvalue weighted by atomic mass is 79.9. The van der Waals surface area contributed by atoms with Gasteiger partial charge in [0, 0.05) is 5.56 Å². The Kier molecular flexibility index (Phi) is 4.30. The van der Waals surface area contributed by atoms with Gasteiger partial charge < -0.3 is 9.84 Å². The van der Waals surface area contributed by atoms with E-state index in [1.54, 1.807) is 0 Å². The van der Waals surface area contributed by atoms with Crippen molar-refractivity contribution in [3.8, 4) is 11.4 Å². The predicted molar refractivity (Wildman–Crippen MR) is 76.6 cm³/mol. The quantitative estimate of drug-likeness (QED) is 0.825. The van der Waals surface area contributed by atoms with Crippen molar-refractivity contribution in [3.63, 3.8) is 0 Å². The summed E-state index contributed by atoms with van der Waals surface area (Å²) in [7, 11) is 0. The molecule has 0 bridgehead atoms. The Hall–Kier alpha value is -1.34. The Morgan fingerprint density at radius 3 is 2.95 bits per heavy atom. The van der Waals surface area contributed by atoms with E-state index in [1.807, 2.05) is 0 Å². The first-order chi connectivity index (χ1) is 10.2. The van der Waals surface area contributed by atoms with E-state index in [0.29, 0.717) is 11.5 Å². The van der Waals surface area contributed by atoms with E-state index in [9.17, 15) is 8.78 Å². The topological polar surface area (TPSA) is 51.0 Å². The lowest BCUT2D eigenvalue weighted by molar-refractivity contribution is 0.327. The molecule has 0 spiro atoms. The van der Waals surface area contributed by atoms with Gasteiger partial charge >= 0.3 is 0 Å². The first kappa shape index (κ1) is 14.6. The second-order valence-corrected chi connectivity index (χ2v) is 5.83. The summed E-state index contributed by atoms with van der Waals surface area (Å²) < 4.78 is 32.0. The zero-order valence-corrected chi connectivity index (χ0v) is 12.8. The van der Waals surface area contributed by atoms with Crippen molar-refractivity contribution in [1.82, 2.24) is 15.5 Å². The maximum Gasteiger partial charge on any atom is 0.244 e. The molecule has 1 fully saturated rings. The van der Waals surface area contributed by atoms with Crippen molar-refractivity contribution in [2.45, 2.75) is 31.7 Å². The van der Waals surface area contributed by atoms with Gasteiger partial charge in [0.1, 0.15) is 0 Å². The number of aromatic nitrogens is 2. The highest BCUT2D eigenvalue weighted by Gasteiger charge is 2.22. The Morgan fingerprint density at radius 2 is 2.10 bits per heavy atom. The van der Waals surface area contributed by atoms with Crippen molar-refractivity contribution in [1.29, 1.82) is 0 Å². The third-order valence-corrected chi connectivity index (χ3v) is 4.35. The standard InChI is InChI=1S/C14H14BrF2N3O/c15-11-8(5-6-9(16)12(11)17)13-19-14(21-20-13)10-4-2-1-3-7-18-10/h5-6,10,18H,1-4,7H2. The zero-order chi connectivity index (χ0) is 14.8. The van der Waals surface area contributed by atoms with Crippen LogP contribution in [0.25, 0.3) is 11.4 Å². The van der Waals surface area contributed by atoms with Crippen LogP contribution in [0.5, 0.6) is 0 Å². The van der Waals surface area contributed by atoms with Crippen LogP contribution < -0.4 is 5.32 Å². The number of nitrogens with one attached hydrogen (secondary N) is 1. The van der Waals surface area contributed by atoms with Crippen molar-refractivity contribution in [2.24, 2.45) is 0 Å². The summed E-state index contributed by atoms with van der Waals surface area (Å²) in [6, 6.07) is 2.50. The normalized spacial score (nSPS) is 19.5. The van der Waals surface area contributed by atoms with Crippen molar-refractivity contribution >= 4 is 15.9 Å². The number of hydrogen-bond acceptors (Lipinski definition) is 4. The summed E-state index contributed by atoms with van der Waals surface area (Å²) in [5.41, 5.74) is 0.373. The number of nitrogens with zero attached hydrogens (tertiary/aromatic N) is 2. The summed E-state index contributed by atoms with van der Waals surface area (Å²) in [5.74, 6) is -1.13. The molecule has 1 aliphatic rings. The van der Waals surface area contributed by atoms with Gasteiger partial charge in [-0.1, -0.05) is 18.0 Å². The molecule has 0 radical (unpaired) electrons. The van der Waals surface area contributed by atoms with E-state index >= 15 is 0 Å². The average molecular weight is 358 g/mol. The Morgan fingerprint density at radius 1 is 1.24 bits per heavy atom. The van der Waals surface area contributed by atoms with Crippen LogP contribution in [0.1, 0.15) is 37.6 Å². The minimum Gasteiger partial charge on any atom is -0.337 e. The third kappa shape index (κ3) is 2.98. The highest BCUT2D eigenvalue weighted by molar-refractivity contribution is 9.10. The van der Waals surface area contributed by atoms with Crippen LogP contribution in [0.4, 0.5) is 8.78 Å². The van der Waals surface area contributed by atoms with Gasteiger partial charge in [0.15, 0.2) is 11.6 Å². The van der Waals surface area contributed by atoms with Gasteiger partial charge in [0.05, 0.1) is 10.5 Å². The molecular weight excluding hydrogens is 344 g/mol. The van der Waals surface area contributed by atoms with Crippen LogP contribution >= 0.6 is 15.9 Å². The van der Waals surface area contributed by atoms with Crippen molar-refractivity contribution in [3.05, 3.63) is 34.1 Å². The van der Waals surface area contributed by atoms with Crippen molar-refractivity contribution in [2.75, 3.05) is 6.54 Å². The van der Waals surface area contributed by atoms with Crippen LogP contribution in [0, 0.1) is 11.6 Å². The Labute approximate surface area is 129 Å². The second kappa shape index (κ2) is 6.19. The van der Waals surface area contributed by atoms with Crippen LogP contribution in [-0.4, -0.2) is 16.7 Å². The third-order valence-electron chi connectivity index (χ3n) is 3.58. The molecule has 1 aliphatic heterocycles. The summed E-state index contributed by atoms with van der Waals surface area (Å²) in [6.45, 7) is 0.914. The van der Waals surface area contributed by atoms with Gasteiger partial charge in [-0.3, -0.25) is 0 Å². The molecule has 21 heavy (non-hydrogen) atoms. The zero-order valence-electron chi connectivity index (χ0n) is 11.2. The fourth-order valence-corrected chi connectivity index (χ4v) is 2.92. The average Bonchev–Trinajstić information content (AvgIpc) is 2.80. The van der Waals surface area contributed by atoms with Gasteiger partial charge in [-0.25, -0.2) is 8.78 Å². The van der Waals surface area contributed by atoms with Crippen LogP contribution in [0.3, 0.4) is 0 Å². The van der Waals surface area contributed by atoms with Gasteiger partial charge in [0.2, 0.25) is 11.7 Å². The summed E-state index contributed by atoms with van der Waals surface area (Å²) in [4.78, 5) is 4.32. The summed E-state index contributed by atoms with van der Waals surface area (Å²) in [6.07, 6.45) is 4.34. The number of halogens is 3. The van der Waals surface area contributed by atoms with Gasteiger partial charge in [-0.2, -0.15) is 4.98 Å². The maximum absolute atomic E-state index is 13.6. The van der Waals surface area contributed by atoms with Crippen LogP contribution in [0.2, 0.25) is 0 Å². The maximum atomic E-state index is 13.6. The Balaban J connectivity index is 1.89. The molecule has 112 valence electrons. The van der Waals surface area contributed by atoms with E-state index < -0.39 is 11.6 Å². The second-order valence-electron chi connectivity index (χ2n) is 5.04. The number of hydrogen-bond donors (Lipinski definition) is 1. The molecule has 0 aliphatic carbocycles. The summed E-state index contributed by atoms with van der Waals surface area (Å²) in [5, 5.41) is 7.23. The first-order valence-corrected chi connectivity index (χ1v) is 7.67. The first-order valence-electron chi connectivity index (χ1n) is 6.87. The molecule has 1 saturated heterocycles. The van der Waals surface area contributed by atoms with Crippen LogP contribution in [0.15, 0.2) is 21.1 Å². The lowest BCUT2D eigenvalue weighted by Crippen LogP contribution is -2.20. The SMILES string of the molecule is Fc1ccc(-c2noc(C3CCCCCN3)n2)c(Br)c1F. The molecule has 2 heterocycles. The fourth-order valence-electron chi connectivity index (χ4n) is 2.42. The van der Waals surface area contributed by atoms with E-state index in [0.717, 1.165) is 31.9 Å². The minimum absolute atomic E-state index is 0.00340. The monoisotopic (exact) mass is 357 g/mol.